The maximum atomic E-state index is 5.08. The highest BCUT2D eigenvalue weighted by molar-refractivity contribution is 6.11. The van der Waals surface area contributed by atoms with Crippen LogP contribution in [-0.4, -0.2) is 29.1 Å². The van der Waals surface area contributed by atoms with E-state index in [1.807, 2.05) is 30.3 Å². The van der Waals surface area contributed by atoms with Gasteiger partial charge in [0.1, 0.15) is 0 Å². The van der Waals surface area contributed by atoms with Gasteiger partial charge in [0.15, 0.2) is 5.82 Å². The number of rotatable bonds is 7. The second-order valence-electron chi connectivity index (χ2n) is 15.6. The smallest absolute Gasteiger partial charge is 0.160 e. The van der Waals surface area contributed by atoms with Crippen LogP contribution >= 0.6 is 0 Å². The molecule has 5 aromatic heterocycles. The molecule has 5 heterocycles. The standard InChI is InChI=1S/C56H36N6/c1-2-10-37(11-3-1)42-22-23-55-49(34-42)48-14-6-9-17-54(48)62(55)45-33-43(32-44(35-45)61-52-15-7-4-12-46(52)47-13-5-8-16-53(47)61)38-18-20-41(21-19-38)56-59-50(39-24-28-57-29-25-39)36-51(60-56)40-26-30-58-31-27-40/h1-36H. The summed E-state index contributed by atoms with van der Waals surface area (Å²) in [5.41, 5.74) is 15.9. The van der Waals surface area contributed by atoms with Crippen LogP contribution < -0.4 is 0 Å². The first-order valence-corrected chi connectivity index (χ1v) is 20.8. The summed E-state index contributed by atoms with van der Waals surface area (Å²) in [6, 6.07) is 69.2. The van der Waals surface area contributed by atoms with E-state index in [2.05, 4.69) is 183 Å². The van der Waals surface area contributed by atoms with Crippen molar-refractivity contribution >= 4 is 43.6 Å². The Labute approximate surface area is 357 Å². The van der Waals surface area contributed by atoms with Gasteiger partial charge in [-0.05, 0) is 101 Å². The van der Waals surface area contributed by atoms with Gasteiger partial charge in [-0.2, -0.15) is 0 Å². The van der Waals surface area contributed by atoms with Crippen LogP contribution in [0.15, 0.2) is 219 Å². The van der Waals surface area contributed by atoms with Gasteiger partial charge in [0.05, 0.1) is 33.5 Å². The predicted molar refractivity (Wildman–Crippen MR) is 253 cm³/mol. The fourth-order valence-corrected chi connectivity index (χ4v) is 9.01. The van der Waals surface area contributed by atoms with Crippen LogP contribution in [-0.2, 0) is 0 Å². The van der Waals surface area contributed by atoms with E-state index in [0.29, 0.717) is 5.82 Å². The van der Waals surface area contributed by atoms with Crippen LogP contribution in [0.3, 0.4) is 0 Å². The third-order valence-electron chi connectivity index (χ3n) is 11.9. The van der Waals surface area contributed by atoms with E-state index >= 15 is 0 Å². The van der Waals surface area contributed by atoms with Gasteiger partial charge in [-0.3, -0.25) is 9.97 Å². The predicted octanol–water partition coefficient (Wildman–Crippen LogP) is 13.8. The van der Waals surface area contributed by atoms with Crippen molar-refractivity contribution in [2.45, 2.75) is 0 Å². The molecule has 12 aromatic rings. The van der Waals surface area contributed by atoms with Gasteiger partial charge in [0, 0.05) is 74.4 Å². The molecule has 62 heavy (non-hydrogen) atoms. The Morgan fingerprint density at radius 2 is 0.710 bits per heavy atom. The van der Waals surface area contributed by atoms with E-state index in [9.17, 15) is 0 Å². The minimum atomic E-state index is 0.651. The first-order chi connectivity index (χ1) is 30.7. The molecule has 0 unspecified atom stereocenters. The van der Waals surface area contributed by atoms with Crippen molar-refractivity contribution in [3.8, 4) is 67.5 Å². The Balaban J connectivity index is 1.06. The molecule has 0 atom stereocenters. The van der Waals surface area contributed by atoms with Gasteiger partial charge in [0.2, 0.25) is 0 Å². The summed E-state index contributed by atoms with van der Waals surface area (Å²) in [6.45, 7) is 0. The topological polar surface area (TPSA) is 61.4 Å². The van der Waals surface area contributed by atoms with E-state index in [1.165, 1.54) is 32.7 Å². The lowest BCUT2D eigenvalue weighted by Crippen LogP contribution is -2.00. The second-order valence-corrected chi connectivity index (χ2v) is 15.6. The maximum absolute atomic E-state index is 5.08. The molecule has 0 amide bonds. The molecule has 0 aliphatic heterocycles. The maximum Gasteiger partial charge on any atom is 0.160 e. The van der Waals surface area contributed by atoms with Crippen molar-refractivity contribution in [2.24, 2.45) is 0 Å². The molecule has 0 aliphatic carbocycles. The van der Waals surface area contributed by atoms with Crippen LogP contribution in [0.4, 0.5) is 0 Å². The van der Waals surface area contributed by atoms with Crippen LogP contribution in [0.1, 0.15) is 0 Å². The summed E-state index contributed by atoms with van der Waals surface area (Å²) in [5.74, 6) is 0.651. The third-order valence-corrected chi connectivity index (χ3v) is 11.9. The average Bonchev–Trinajstić information content (AvgIpc) is 3.87. The highest BCUT2D eigenvalue weighted by Gasteiger charge is 2.19. The van der Waals surface area contributed by atoms with Crippen molar-refractivity contribution < 1.29 is 0 Å². The van der Waals surface area contributed by atoms with Gasteiger partial charge in [-0.25, -0.2) is 9.97 Å². The number of benzene rings is 7. The summed E-state index contributed by atoms with van der Waals surface area (Å²) in [5, 5.41) is 4.89. The molecule has 0 radical (unpaired) electrons. The van der Waals surface area contributed by atoms with Crippen molar-refractivity contribution in [1.82, 2.24) is 29.1 Å². The molecule has 6 nitrogen and oxygen atoms in total. The van der Waals surface area contributed by atoms with Gasteiger partial charge >= 0.3 is 0 Å². The van der Waals surface area contributed by atoms with Crippen LogP contribution in [0, 0.1) is 0 Å². The quantitative estimate of drug-likeness (QED) is 0.161. The Kier molecular flexibility index (Phi) is 8.38. The number of hydrogen-bond acceptors (Lipinski definition) is 4. The minimum absolute atomic E-state index is 0.651. The Morgan fingerprint density at radius 1 is 0.274 bits per heavy atom. The second kappa shape index (κ2) is 14.7. The van der Waals surface area contributed by atoms with Gasteiger partial charge in [-0.1, -0.05) is 115 Å². The summed E-state index contributed by atoms with van der Waals surface area (Å²) in [7, 11) is 0. The molecule has 0 bridgehead atoms. The van der Waals surface area contributed by atoms with Gasteiger partial charge in [-0.15, -0.1) is 0 Å². The van der Waals surface area contributed by atoms with Crippen molar-refractivity contribution in [3.63, 3.8) is 0 Å². The Bertz CT molecular complexity index is 3500. The normalized spacial score (nSPS) is 11.5. The number of para-hydroxylation sites is 3. The third kappa shape index (κ3) is 6.04. The number of fused-ring (bicyclic) bond motifs is 6. The van der Waals surface area contributed by atoms with Crippen molar-refractivity contribution in [2.75, 3.05) is 0 Å². The van der Waals surface area contributed by atoms with Crippen molar-refractivity contribution in [1.29, 1.82) is 0 Å². The van der Waals surface area contributed by atoms with Gasteiger partial charge < -0.3 is 9.13 Å². The molecule has 6 heteroatoms. The summed E-state index contributed by atoms with van der Waals surface area (Å²) in [4.78, 5) is 18.6. The lowest BCUT2D eigenvalue weighted by atomic mass is 10.0. The zero-order valence-corrected chi connectivity index (χ0v) is 33.5. The van der Waals surface area contributed by atoms with E-state index in [1.54, 1.807) is 24.8 Å². The fraction of sp³-hybridized carbons (Fsp3) is 0. The number of pyridine rings is 2. The number of hydrogen-bond donors (Lipinski definition) is 0. The zero-order valence-electron chi connectivity index (χ0n) is 33.5. The molecule has 0 N–H and O–H groups in total. The first-order valence-electron chi connectivity index (χ1n) is 20.8. The molecule has 0 spiro atoms. The molecule has 12 rings (SSSR count). The molecule has 290 valence electrons. The molecular formula is C56H36N6. The zero-order chi connectivity index (χ0) is 41.0. The molecule has 0 saturated carbocycles. The lowest BCUT2D eigenvalue weighted by Gasteiger charge is -2.16. The Morgan fingerprint density at radius 3 is 1.26 bits per heavy atom. The first kappa shape index (κ1) is 35.5. The minimum Gasteiger partial charge on any atom is -0.309 e. The molecule has 0 saturated heterocycles. The SMILES string of the molecule is c1ccc(-c2ccc3c(c2)c2ccccc2n3-c2cc(-c3ccc(-c4nc(-c5ccncc5)cc(-c5ccncc5)n4)cc3)cc(-n3c4ccccc4c4ccccc43)c2)cc1. The molecule has 0 fully saturated rings. The Hall–Kier alpha value is -8.48. The summed E-state index contributed by atoms with van der Waals surface area (Å²) >= 11 is 0. The van der Waals surface area contributed by atoms with Crippen molar-refractivity contribution in [3.05, 3.63) is 219 Å². The average molecular weight is 793 g/mol. The van der Waals surface area contributed by atoms with Crippen LogP contribution in [0.2, 0.25) is 0 Å². The number of nitrogens with zero attached hydrogens (tertiary/aromatic N) is 6. The highest BCUT2D eigenvalue weighted by Crippen LogP contribution is 2.39. The van der Waals surface area contributed by atoms with E-state index in [0.717, 1.165) is 72.6 Å². The lowest BCUT2D eigenvalue weighted by molar-refractivity contribution is 1.13. The molecular weight excluding hydrogens is 757 g/mol. The van der Waals surface area contributed by atoms with E-state index in [-0.39, 0.29) is 0 Å². The summed E-state index contributed by atoms with van der Waals surface area (Å²) in [6.07, 6.45) is 7.17. The largest absolute Gasteiger partial charge is 0.309 e. The number of aromatic nitrogens is 6. The van der Waals surface area contributed by atoms with E-state index < -0.39 is 0 Å². The van der Waals surface area contributed by atoms with E-state index in [4.69, 9.17) is 9.97 Å². The monoisotopic (exact) mass is 792 g/mol. The molecule has 0 aliphatic rings. The van der Waals surface area contributed by atoms with Crippen LogP contribution in [0.5, 0.6) is 0 Å². The highest BCUT2D eigenvalue weighted by atomic mass is 15.0. The fourth-order valence-electron chi connectivity index (χ4n) is 9.01. The van der Waals surface area contributed by atoms with Gasteiger partial charge in [0.25, 0.3) is 0 Å². The summed E-state index contributed by atoms with van der Waals surface area (Å²) < 4.78 is 4.83. The molecule has 7 aromatic carbocycles. The van der Waals surface area contributed by atoms with Crippen LogP contribution in [0.25, 0.3) is 111 Å².